The third-order valence-corrected chi connectivity index (χ3v) is 2.64. The predicted octanol–water partition coefficient (Wildman–Crippen LogP) is 1.54. The van der Waals surface area contributed by atoms with Crippen LogP contribution in [0.2, 0.25) is 0 Å². The largest absolute Gasteiger partial charge is 0.347 e. The molecule has 0 aliphatic carbocycles. The number of aryl methyl sites for hydroxylation is 2. The quantitative estimate of drug-likeness (QED) is 0.887. The van der Waals surface area contributed by atoms with Gasteiger partial charge in [-0.2, -0.15) is 5.10 Å². The fourth-order valence-corrected chi connectivity index (χ4v) is 1.74. The Bertz CT molecular complexity index is 533. The van der Waals surface area contributed by atoms with Crippen molar-refractivity contribution < 1.29 is 4.79 Å². The Morgan fingerprint density at radius 3 is 2.78 bits per heavy atom. The number of hydrogen-bond donors (Lipinski definition) is 1. The van der Waals surface area contributed by atoms with Crippen molar-refractivity contribution in [3.8, 4) is 0 Å². The molecule has 5 heteroatoms. The summed E-state index contributed by atoms with van der Waals surface area (Å²) in [6.07, 6.45) is 3.42. The molecule has 2 heterocycles. The highest BCUT2D eigenvalue weighted by Crippen LogP contribution is 2.04. The van der Waals surface area contributed by atoms with Crippen LogP contribution in [0.25, 0.3) is 0 Å². The molecule has 94 valence electrons. The van der Waals surface area contributed by atoms with Crippen molar-refractivity contribution in [2.45, 2.75) is 26.9 Å². The topological polar surface area (TPSA) is 59.8 Å². The van der Waals surface area contributed by atoms with Gasteiger partial charge >= 0.3 is 0 Å². The van der Waals surface area contributed by atoms with Crippen molar-refractivity contribution >= 4 is 5.91 Å². The molecule has 0 aromatic carbocycles. The molecule has 1 N–H and O–H groups in total. The maximum atomic E-state index is 12.0. The van der Waals surface area contributed by atoms with Crippen molar-refractivity contribution in [3.05, 3.63) is 47.5 Å². The average molecular weight is 244 g/mol. The Hall–Kier alpha value is -2.17. The lowest BCUT2D eigenvalue weighted by Crippen LogP contribution is -2.25. The van der Waals surface area contributed by atoms with E-state index in [0.29, 0.717) is 18.8 Å². The smallest absolute Gasteiger partial charge is 0.269 e. The number of nitrogens with zero attached hydrogens (tertiary/aromatic N) is 3. The van der Waals surface area contributed by atoms with Crippen molar-refractivity contribution in [2.24, 2.45) is 0 Å². The second-order valence-electron chi connectivity index (χ2n) is 4.02. The van der Waals surface area contributed by atoms with Gasteiger partial charge in [0.2, 0.25) is 0 Å². The zero-order chi connectivity index (χ0) is 13.0. The van der Waals surface area contributed by atoms with E-state index in [1.807, 2.05) is 26.0 Å². The number of carbonyl (C=O) groups is 1. The standard InChI is InChI=1S/C13H16N4O/c1-3-17-12(8-10(2)16-17)13(18)15-9-11-4-6-14-7-5-11/h4-8H,3,9H2,1-2H3,(H,15,18). The minimum absolute atomic E-state index is 0.103. The summed E-state index contributed by atoms with van der Waals surface area (Å²) in [5.74, 6) is -0.103. The number of nitrogens with one attached hydrogen (secondary N) is 1. The van der Waals surface area contributed by atoms with Gasteiger partial charge in [-0.3, -0.25) is 14.5 Å². The first-order valence-corrected chi connectivity index (χ1v) is 5.92. The van der Waals surface area contributed by atoms with Crippen molar-refractivity contribution in [3.63, 3.8) is 0 Å². The average Bonchev–Trinajstić information content (AvgIpc) is 2.78. The van der Waals surface area contributed by atoms with E-state index in [0.717, 1.165) is 11.3 Å². The summed E-state index contributed by atoms with van der Waals surface area (Å²) in [7, 11) is 0. The molecule has 2 aromatic heterocycles. The van der Waals surface area contributed by atoms with Crippen LogP contribution in [0.15, 0.2) is 30.6 Å². The summed E-state index contributed by atoms with van der Waals surface area (Å²) < 4.78 is 1.71. The summed E-state index contributed by atoms with van der Waals surface area (Å²) in [4.78, 5) is 16.0. The molecule has 2 aromatic rings. The number of rotatable bonds is 4. The highest BCUT2D eigenvalue weighted by molar-refractivity contribution is 5.92. The molecule has 18 heavy (non-hydrogen) atoms. The Morgan fingerprint density at radius 2 is 2.11 bits per heavy atom. The fourth-order valence-electron chi connectivity index (χ4n) is 1.74. The van der Waals surface area contributed by atoms with Gasteiger partial charge in [-0.1, -0.05) is 0 Å². The molecule has 0 fully saturated rings. The van der Waals surface area contributed by atoms with E-state index in [-0.39, 0.29) is 5.91 Å². The monoisotopic (exact) mass is 244 g/mol. The maximum Gasteiger partial charge on any atom is 0.269 e. The lowest BCUT2D eigenvalue weighted by molar-refractivity contribution is 0.0940. The molecule has 0 unspecified atom stereocenters. The summed E-state index contributed by atoms with van der Waals surface area (Å²) in [6, 6.07) is 5.55. The highest BCUT2D eigenvalue weighted by Gasteiger charge is 2.12. The molecule has 2 rings (SSSR count). The van der Waals surface area contributed by atoms with Gasteiger partial charge in [-0.15, -0.1) is 0 Å². The molecule has 0 saturated heterocycles. The first-order chi connectivity index (χ1) is 8.70. The van der Waals surface area contributed by atoms with Gasteiger partial charge in [-0.25, -0.2) is 0 Å². The lowest BCUT2D eigenvalue weighted by Gasteiger charge is -2.06. The van der Waals surface area contributed by atoms with E-state index in [9.17, 15) is 4.79 Å². The van der Waals surface area contributed by atoms with Gasteiger partial charge in [0, 0.05) is 25.5 Å². The summed E-state index contributed by atoms with van der Waals surface area (Å²) in [5.41, 5.74) is 2.48. The number of pyridine rings is 1. The normalized spacial score (nSPS) is 10.3. The lowest BCUT2D eigenvalue weighted by atomic mass is 10.2. The third kappa shape index (κ3) is 2.74. The Morgan fingerprint density at radius 1 is 1.39 bits per heavy atom. The van der Waals surface area contributed by atoms with E-state index in [4.69, 9.17) is 0 Å². The van der Waals surface area contributed by atoms with E-state index < -0.39 is 0 Å². The van der Waals surface area contributed by atoms with E-state index in [1.54, 1.807) is 23.1 Å². The van der Waals surface area contributed by atoms with Gasteiger partial charge in [0.1, 0.15) is 5.69 Å². The summed E-state index contributed by atoms with van der Waals surface area (Å²) in [5, 5.41) is 7.13. The van der Waals surface area contributed by atoms with Crippen LogP contribution in [0.5, 0.6) is 0 Å². The van der Waals surface area contributed by atoms with Gasteiger partial charge in [-0.05, 0) is 37.6 Å². The predicted molar refractivity (Wildman–Crippen MR) is 68.0 cm³/mol. The Balaban J connectivity index is 2.04. The zero-order valence-corrected chi connectivity index (χ0v) is 10.6. The van der Waals surface area contributed by atoms with Crippen LogP contribution >= 0.6 is 0 Å². The summed E-state index contributed by atoms with van der Waals surface area (Å²) in [6.45, 7) is 5.03. The molecule has 0 saturated carbocycles. The molecule has 0 aliphatic rings. The maximum absolute atomic E-state index is 12.0. The molecule has 0 atom stereocenters. The molecule has 0 bridgehead atoms. The van der Waals surface area contributed by atoms with Crippen molar-refractivity contribution in [2.75, 3.05) is 0 Å². The van der Waals surface area contributed by atoms with Crippen LogP contribution in [0.4, 0.5) is 0 Å². The second-order valence-corrected chi connectivity index (χ2v) is 4.02. The molecule has 5 nitrogen and oxygen atoms in total. The van der Waals surface area contributed by atoms with Gasteiger partial charge in [0.05, 0.1) is 5.69 Å². The van der Waals surface area contributed by atoms with Crippen molar-refractivity contribution in [1.82, 2.24) is 20.1 Å². The number of aromatic nitrogens is 3. The van der Waals surface area contributed by atoms with E-state index in [2.05, 4.69) is 15.4 Å². The number of amides is 1. The molecular formula is C13H16N4O. The van der Waals surface area contributed by atoms with E-state index >= 15 is 0 Å². The van der Waals surface area contributed by atoms with Gasteiger partial charge in [0.15, 0.2) is 0 Å². The molecule has 0 aliphatic heterocycles. The number of hydrogen-bond acceptors (Lipinski definition) is 3. The fraction of sp³-hybridized carbons (Fsp3) is 0.308. The molecular weight excluding hydrogens is 228 g/mol. The van der Waals surface area contributed by atoms with Gasteiger partial charge in [0.25, 0.3) is 5.91 Å². The first kappa shape index (κ1) is 12.3. The second kappa shape index (κ2) is 5.44. The Labute approximate surface area is 106 Å². The highest BCUT2D eigenvalue weighted by atomic mass is 16.2. The van der Waals surface area contributed by atoms with Crippen LogP contribution in [0.3, 0.4) is 0 Å². The third-order valence-electron chi connectivity index (χ3n) is 2.64. The minimum Gasteiger partial charge on any atom is -0.347 e. The zero-order valence-electron chi connectivity index (χ0n) is 10.6. The molecule has 0 spiro atoms. The van der Waals surface area contributed by atoms with Crippen LogP contribution in [0.1, 0.15) is 28.7 Å². The first-order valence-electron chi connectivity index (χ1n) is 5.92. The van der Waals surface area contributed by atoms with E-state index in [1.165, 1.54) is 0 Å². The Kier molecular flexibility index (Phi) is 3.72. The van der Waals surface area contributed by atoms with Crippen LogP contribution in [-0.2, 0) is 13.1 Å². The summed E-state index contributed by atoms with van der Waals surface area (Å²) >= 11 is 0. The van der Waals surface area contributed by atoms with Crippen LogP contribution < -0.4 is 5.32 Å². The van der Waals surface area contributed by atoms with Gasteiger partial charge < -0.3 is 5.32 Å². The SMILES string of the molecule is CCn1nc(C)cc1C(=O)NCc1ccncc1. The van der Waals surface area contributed by atoms with Crippen molar-refractivity contribution in [1.29, 1.82) is 0 Å². The van der Waals surface area contributed by atoms with Crippen LogP contribution in [-0.4, -0.2) is 20.7 Å². The minimum atomic E-state index is -0.103. The number of carbonyl (C=O) groups excluding carboxylic acids is 1. The molecule has 0 radical (unpaired) electrons. The molecule has 1 amide bonds. The van der Waals surface area contributed by atoms with Crippen LogP contribution in [0, 0.1) is 6.92 Å².